The molecule has 1 N–H and O–H groups in total. The lowest BCUT2D eigenvalue weighted by atomic mass is 10.1. The van der Waals surface area contributed by atoms with Crippen LogP contribution in [0.5, 0.6) is 11.5 Å². The first-order valence-electron chi connectivity index (χ1n) is 11.1. The van der Waals surface area contributed by atoms with E-state index in [-0.39, 0.29) is 23.2 Å². The summed E-state index contributed by atoms with van der Waals surface area (Å²) < 4.78 is 20.8. The predicted octanol–water partition coefficient (Wildman–Crippen LogP) is 2.61. The Morgan fingerprint density at radius 1 is 0.944 bits per heavy atom. The van der Waals surface area contributed by atoms with E-state index in [0.717, 1.165) is 10.5 Å². The molecule has 10 heteroatoms. The van der Waals surface area contributed by atoms with Crippen molar-refractivity contribution in [3.63, 3.8) is 0 Å². The van der Waals surface area contributed by atoms with Crippen LogP contribution in [0.2, 0.25) is 0 Å². The predicted molar refractivity (Wildman–Crippen MR) is 126 cm³/mol. The highest BCUT2D eigenvalue weighted by molar-refractivity contribution is 6.21. The highest BCUT2D eigenvalue weighted by Crippen LogP contribution is 2.28. The van der Waals surface area contributed by atoms with Crippen molar-refractivity contribution >= 4 is 23.7 Å². The first kappa shape index (κ1) is 24.5. The van der Waals surface area contributed by atoms with Gasteiger partial charge in [-0.15, -0.1) is 0 Å². The second-order valence-electron chi connectivity index (χ2n) is 7.90. The minimum absolute atomic E-state index is 0.0113. The van der Waals surface area contributed by atoms with E-state index in [4.69, 9.17) is 18.6 Å². The van der Waals surface area contributed by atoms with Gasteiger partial charge in [-0.3, -0.25) is 19.3 Å². The second kappa shape index (κ2) is 10.8. The molecule has 186 valence electrons. The molecule has 1 aliphatic heterocycles. The van der Waals surface area contributed by atoms with Gasteiger partial charge in [-0.05, 0) is 54.4 Å². The Morgan fingerprint density at radius 3 is 2.44 bits per heavy atom. The molecule has 0 saturated heterocycles. The Morgan fingerprint density at radius 2 is 1.72 bits per heavy atom. The first-order valence-corrected chi connectivity index (χ1v) is 11.1. The Labute approximate surface area is 206 Å². The number of furan rings is 1. The summed E-state index contributed by atoms with van der Waals surface area (Å²) in [6.45, 7) is -0.172. The Bertz CT molecular complexity index is 1300. The van der Waals surface area contributed by atoms with Crippen molar-refractivity contribution < 1.29 is 37.8 Å². The van der Waals surface area contributed by atoms with Gasteiger partial charge in [0.05, 0.1) is 43.7 Å². The maximum Gasteiger partial charge on any atom is 0.338 e. The molecule has 36 heavy (non-hydrogen) atoms. The maximum absolute atomic E-state index is 12.7. The highest BCUT2D eigenvalue weighted by Gasteiger charge is 2.36. The molecular formula is C26H24N2O8. The molecule has 3 amide bonds. The van der Waals surface area contributed by atoms with Crippen molar-refractivity contribution in [3.05, 3.63) is 82.8 Å². The molecule has 3 aromatic rings. The van der Waals surface area contributed by atoms with Crippen LogP contribution >= 0.6 is 0 Å². The normalized spacial score (nSPS) is 12.3. The Kier molecular flexibility index (Phi) is 7.33. The lowest BCUT2D eigenvalue weighted by Crippen LogP contribution is -2.30. The molecule has 2 aromatic carbocycles. The molecule has 0 fully saturated rings. The molecule has 1 aromatic heterocycles. The van der Waals surface area contributed by atoms with Crippen LogP contribution in [0.3, 0.4) is 0 Å². The molecule has 2 heterocycles. The number of carbonyl (C=O) groups excluding carboxylic acids is 4. The monoisotopic (exact) mass is 492 g/mol. The Balaban J connectivity index is 1.28. The maximum atomic E-state index is 12.7. The third-order valence-electron chi connectivity index (χ3n) is 5.62. The van der Waals surface area contributed by atoms with E-state index in [2.05, 4.69) is 5.32 Å². The van der Waals surface area contributed by atoms with Crippen LogP contribution in [0.4, 0.5) is 0 Å². The van der Waals surface area contributed by atoms with Crippen LogP contribution in [-0.2, 0) is 22.5 Å². The number of amides is 3. The molecule has 0 saturated carbocycles. The third-order valence-corrected chi connectivity index (χ3v) is 5.62. The van der Waals surface area contributed by atoms with E-state index in [1.165, 1.54) is 24.5 Å². The first-order chi connectivity index (χ1) is 17.4. The van der Waals surface area contributed by atoms with E-state index in [0.29, 0.717) is 30.2 Å². The number of esters is 1. The minimum Gasteiger partial charge on any atom is -0.493 e. The summed E-state index contributed by atoms with van der Waals surface area (Å²) in [4.78, 5) is 50.9. The van der Waals surface area contributed by atoms with Gasteiger partial charge >= 0.3 is 5.97 Å². The summed E-state index contributed by atoms with van der Waals surface area (Å²) in [5.74, 6) is -0.595. The number of nitrogens with zero attached hydrogens (tertiary/aromatic N) is 1. The van der Waals surface area contributed by atoms with Crippen LogP contribution in [0.25, 0.3) is 0 Å². The number of fused-ring (bicyclic) bond motifs is 1. The van der Waals surface area contributed by atoms with Gasteiger partial charge in [0.2, 0.25) is 0 Å². The van der Waals surface area contributed by atoms with Crippen LogP contribution in [0.15, 0.2) is 59.2 Å². The topological polar surface area (TPSA) is 124 Å². The molecule has 0 atom stereocenters. The SMILES string of the molecule is COc1ccc(CCNC(=O)COC(=O)c2ccc3c(c2)C(=O)N(Cc2ccco2)C3=O)cc1OC. The van der Waals surface area contributed by atoms with E-state index in [1.54, 1.807) is 32.4 Å². The van der Waals surface area contributed by atoms with Crippen molar-refractivity contribution in [2.75, 3.05) is 27.4 Å². The number of methoxy groups -OCH3 is 2. The lowest BCUT2D eigenvalue weighted by molar-refractivity contribution is -0.124. The standard InChI is InChI=1S/C26H24N2O8/c1-33-21-8-5-16(12-22(21)34-2)9-10-27-23(29)15-36-26(32)17-6-7-19-20(13-17)25(31)28(24(19)30)14-18-4-3-11-35-18/h3-8,11-13H,9-10,14-15H2,1-2H3,(H,27,29). The van der Waals surface area contributed by atoms with Crippen LogP contribution < -0.4 is 14.8 Å². The van der Waals surface area contributed by atoms with Gasteiger partial charge < -0.3 is 23.9 Å². The van der Waals surface area contributed by atoms with Crippen LogP contribution in [-0.4, -0.2) is 56.0 Å². The summed E-state index contributed by atoms with van der Waals surface area (Å²) >= 11 is 0. The summed E-state index contributed by atoms with van der Waals surface area (Å²) in [5, 5.41) is 2.68. The van der Waals surface area contributed by atoms with Gasteiger partial charge in [-0.1, -0.05) is 6.07 Å². The van der Waals surface area contributed by atoms with Crippen molar-refractivity contribution in [1.82, 2.24) is 10.2 Å². The summed E-state index contributed by atoms with van der Waals surface area (Å²) in [6, 6.07) is 12.9. The number of nitrogens with one attached hydrogen (secondary N) is 1. The third kappa shape index (κ3) is 5.22. The Hall–Kier alpha value is -4.60. The number of imide groups is 1. The van der Waals surface area contributed by atoms with Crippen molar-refractivity contribution in [3.8, 4) is 11.5 Å². The summed E-state index contributed by atoms with van der Waals surface area (Å²) in [7, 11) is 3.10. The quantitative estimate of drug-likeness (QED) is 0.338. The zero-order chi connectivity index (χ0) is 25.7. The second-order valence-corrected chi connectivity index (χ2v) is 7.90. The molecule has 4 rings (SSSR count). The van der Waals surface area contributed by atoms with Gasteiger partial charge in [0.1, 0.15) is 5.76 Å². The average Bonchev–Trinajstić information content (AvgIpc) is 3.49. The van der Waals surface area contributed by atoms with Gasteiger partial charge in [-0.25, -0.2) is 4.79 Å². The molecule has 0 radical (unpaired) electrons. The van der Waals surface area contributed by atoms with Crippen LogP contribution in [0.1, 0.15) is 42.4 Å². The van der Waals surface area contributed by atoms with E-state index in [1.807, 2.05) is 12.1 Å². The van der Waals surface area contributed by atoms with Gasteiger partial charge in [-0.2, -0.15) is 0 Å². The van der Waals surface area contributed by atoms with Crippen molar-refractivity contribution in [2.24, 2.45) is 0 Å². The zero-order valence-corrected chi connectivity index (χ0v) is 19.7. The summed E-state index contributed by atoms with van der Waals surface area (Å²) in [6.07, 6.45) is 1.99. The molecule has 0 bridgehead atoms. The zero-order valence-electron chi connectivity index (χ0n) is 19.7. The van der Waals surface area contributed by atoms with Gasteiger partial charge in [0.25, 0.3) is 17.7 Å². The average molecular weight is 492 g/mol. The number of ether oxygens (including phenoxy) is 3. The highest BCUT2D eigenvalue weighted by atomic mass is 16.5. The fourth-order valence-electron chi connectivity index (χ4n) is 3.77. The van der Waals surface area contributed by atoms with Crippen molar-refractivity contribution in [1.29, 1.82) is 0 Å². The minimum atomic E-state index is -0.780. The smallest absolute Gasteiger partial charge is 0.338 e. The number of hydrogen-bond acceptors (Lipinski definition) is 8. The lowest BCUT2D eigenvalue weighted by Gasteiger charge is -2.11. The van der Waals surface area contributed by atoms with E-state index in [9.17, 15) is 19.2 Å². The molecule has 1 aliphatic rings. The van der Waals surface area contributed by atoms with Gasteiger partial charge in [0.15, 0.2) is 18.1 Å². The number of rotatable bonds is 10. The number of carbonyl (C=O) groups is 4. The molecule has 0 spiro atoms. The van der Waals surface area contributed by atoms with E-state index < -0.39 is 30.3 Å². The summed E-state index contributed by atoms with van der Waals surface area (Å²) in [5.41, 5.74) is 1.28. The van der Waals surface area contributed by atoms with Gasteiger partial charge in [0, 0.05) is 6.54 Å². The van der Waals surface area contributed by atoms with Crippen molar-refractivity contribution in [2.45, 2.75) is 13.0 Å². The van der Waals surface area contributed by atoms with Crippen LogP contribution in [0, 0.1) is 0 Å². The molecule has 10 nitrogen and oxygen atoms in total. The molecule has 0 aliphatic carbocycles. The number of hydrogen-bond donors (Lipinski definition) is 1. The van der Waals surface area contributed by atoms with E-state index >= 15 is 0 Å². The fourth-order valence-corrected chi connectivity index (χ4v) is 3.77. The molecular weight excluding hydrogens is 468 g/mol. The fraction of sp³-hybridized carbons (Fsp3) is 0.231. The largest absolute Gasteiger partial charge is 0.493 e. The number of benzene rings is 2. The molecule has 0 unspecified atom stereocenters.